The number of benzene rings is 1. The molecule has 1 heterocycles. The fraction of sp³-hybridized carbons (Fsp3) is 0.357. The molecule has 0 saturated heterocycles. The molecule has 19 heavy (non-hydrogen) atoms. The van der Waals surface area contributed by atoms with Gasteiger partial charge in [0.15, 0.2) is 0 Å². The van der Waals surface area contributed by atoms with Crippen molar-refractivity contribution in [3.8, 4) is 0 Å². The summed E-state index contributed by atoms with van der Waals surface area (Å²) in [6.07, 6.45) is 2.98. The average Bonchev–Trinajstić information content (AvgIpc) is 2.72. The number of amides is 1. The standard InChI is InChI=1S/C14H17NO3S/c1-10(2)13-8-9-14(16)15(13)19(17,18)12-6-4-11(3)5-7-12/h4-10,13H,1-3H3/t13-/m0/s1. The van der Waals surface area contributed by atoms with Crippen LogP contribution >= 0.6 is 0 Å². The van der Waals surface area contributed by atoms with Crippen LogP contribution in [-0.4, -0.2) is 24.7 Å². The van der Waals surface area contributed by atoms with Crippen LogP contribution in [0.3, 0.4) is 0 Å². The summed E-state index contributed by atoms with van der Waals surface area (Å²) in [4.78, 5) is 12.0. The molecule has 4 nitrogen and oxygen atoms in total. The van der Waals surface area contributed by atoms with Gasteiger partial charge in [-0.25, -0.2) is 12.7 Å². The Morgan fingerprint density at radius 3 is 2.26 bits per heavy atom. The van der Waals surface area contributed by atoms with E-state index in [9.17, 15) is 13.2 Å². The second kappa shape index (κ2) is 4.81. The van der Waals surface area contributed by atoms with Crippen LogP contribution in [0.1, 0.15) is 19.4 Å². The molecule has 0 saturated carbocycles. The van der Waals surface area contributed by atoms with Gasteiger partial charge in [-0.15, -0.1) is 0 Å². The van der Waals surface area contributed by atoms with E-state index in [0.717, 1.165) is 9.87 Å². The molecular weight excluding hydrogens is 262 g/mol. The number of sulfonamides is 1. The first-order chi connectivity index (χ1) is 8.84. The molecule has 0 radical (unpaired) electrons. The second-order valence-electron chi connectivity index (χ2n) is 5.05. The van der Waals surface area contributed by atoms with E-state index in [-0.39, 0.29) is 10.8 Å². The molecule has 0 unspecified atom stereocenters. The van der Waals surface area contributed by atoms with E-state index < -0.39 is 22.0 Å². The maximum absolute atomic E-state index is 12.5. The summed E-state index contributed by atoms with van der Waals surface area (Å²) in [5, 5.41) is 0. The zero-order valence-electron chi connectivity index (χ0n) is 11.2. The van der Waals surface area contributed by atoms with Crippen LogP contribution in [0.25, 0.3) is 0 Å². The van der Waals surface area contributed by atoms with Crippen LogP contribution in [0.5, 0.6) is 0 Å². The van der Waals surface area contributed by atoms with Gasteiger partial charge in [-0.3, -0.25) is 4.79 Å². The predicted molar refractivity (Wildman–Crippen MR) is 73.0 cm³/mol. The van der Waals surface area contributed by atoms with E-state index in [0.29, 0.717) is 0 Å². The highest BCUT2D eigenvalue weighted by Crippen LogP contribution is 2.27. The fourth-order valence-corrected chi connectivity index (χ4v) is 3.71. The van der Waals surface area contributed by atoms with Crippen LogP contribution < -0.4 is 0 Å². The van der Waals surface area contributed by atoms with Gasteiger partial charge in [0, 0.05) is 6.08 Å². The van der Waals surface area contributed by atoms with Gasteiger partial charge in [0.2, 0.25) is 0 Å². The van der Waals surface area contributed by atoms with Gasteiger partial charge >= 0.3 is 0 Å². The second-order valence-corrected chi connectivity index (χ2v) is 6.86. The molecule has 1 aromatic rings. The van der Waals surface area contributed by atoms with Crippen molar-refractivity contribution in [3.63, 3.8) is 0 Å². The first-order valence-corrected chi connectivity index (χ1v) is 7.61. The number of aryl methyl sites for hydroxylation is 1. The molecule has 5 heteroatoms. The molecule has 0 spiro atoms. The zero-order chi connectivity index (χ0) is 14.2. The van der Waals surface area contributed by atoms with E-state index >= 15 is 0 Å². The van der Waals surface area contributed by atoms with Crippen molar-refractivity contribution in [1.29, 1.82) is 0 Å². The minimum absolute atomic E-state index is 0.0444. The summed E-state index contributed by atoms with van der Waals surface area (Å²) < 4.78 is 26.0. The monoisotopic (exact) mass is 279 g/mol. The van der Waals surface area contributed by atoms with Gasteiger partial charge < -0.3 is 0 Å². The highest BCUT2D eigenvalue weighted by atomic mass is 32.2. The van der Waals surface area contributed by atoms with Crippen molar-refractivity contribution in [1.82, 2.24) is 4.31 Å². The molecule has 0 aliphatic carbocycles. The number of carbonyl (C=O) groups excluding carboxylic acids is 1. The first kappa shape index (κ1) is 13.8. The summed E-state index contributed by atoms with van der Waals surface area (Å²) in [6, 6.07) is 6.12. The Kier molecular flexibility index (Phi) is 3.49. The van der Waals surface area contributed by atoms with Gasteiger partial charge in [-0.05, 0) is 25.0 Å². The molecular formula is C14H17NO3S. The molecule has 1 aliphatic rings. The number of hydrogen-bond acceptors (Lipinski definition) is 3. The van der Waals surface area contributed by atoms with Crippen molar-refractivity contribution in [3.05, 3.63) is 42.0 Å². The topological polar surface area (TPSA) is 54.5 Å². The van der Waals surface area contributed by atoms with Crippen LogP contribution in [0.2, 0.25) is 0 Å². The van der Waals surface area contributed by atoms with Gasteiger partial charge in [0.1, 0.15) is 0 Å². The number of carbonyl (C=O) groups is 1. The highest BCUT2D eigenvalue weighted by Gasteiger charge is 2.38. The number of rotatable bonds is 3. The van der Waals surface area contributed by atoms with Crippen molar-refractivity contribution >= 4 is 15.9 Å². The van der Waals surface area contributed by atoms with Gasteiger partial charge in [-0.1, -0.05) is 37.6 Å². The lowest BCUT2D eigenvalue weighted by Crippen LogP contribution is -2.41. The minimum atomic E-state index is -3.78. The largest absolute Gasteiger partial charge is 0.269 e. The smallest absolute Gasteiger partial charge is 0.267 e. The molecule has 1 aliphatic heterocycles. The van der Waals surface area contributed by atoms with Gasteiger partial charge in [0.25, 0.3) is 15.9 Å². The SMILES string of the molecule is Cc1ccc(S(=O)(=O)N2C(=O)C=C[C@H]2C(C)C)cc1. The molecule has 2 rings (SSSR count). The van der Waals surface area contributed by atoms with E-state index in [1.807, 2.05) is 20.8 Å². The quantitative estimate of drug-likeness (QED) is 0.851. The first-order valence-electron chi connectivity index (χ1n) is 6.17. The third-order valence-corrected chi connectivity index (χ3v) is 4.99. The van der Waals surface area contributed by atoms with E-state index in [1.165, 1.54) is 18.2 Å². The lowest BCUT2D eigenvalue weighted by molar-refractivity contribution is -0.121. The third-order valence-electron chi connectivity index (χ3n) is 3.18. The Balaban J connectivity index is 2.44. The summed E-state index contributed by atoms with van der Waals surface area (Å²) in [5.41, 5.74) is 0.977. The summed E-state index contributed by atoms with van der Waals surface area (Å²) in [6.45, 7) is 5.67. The van der Waals surface area contributed by atoms with Crippen LogP contribution in [0, 0.1) is 12.8 Å². The summed E-state index contributed by atoms with van der Waals surface area (Å²) >= 11 is 0. The predicted octanol–water partition coefficient (Wildman–Crippen LogP) is 2.11. The minimum Gasteiger partial charge on any atom is -0.269 e. The van der Waals surface area contributed by atoms with Gasteiger partial charge in [0.05, 0.1) is 10.9 Å². The molecule has 1 aromatic carbocycles. The van der Waals surface area contributed by atoms with Crippen LogP contribution in [-0.2, 0) is 14.8 Å². The van der Waals surface area contributed by atoms with Gasteiger partial charge in [-0.2, -0.15) is 0 Å². The Hall–Kier alpha value is -1.62. The third kappa shape index (κ3) is 2.42. The molecule has 1 atom stereocenters. The van der Waals surface area contributed by atoms with Crippen LogP contribution in [0.15, 0.2) is 41.3 Å². The molecule has 0 N–H and O–H groups in total. The molecule has 0 fully saturated rings. The molecule has 0 aromatic heterocycles. The van der Waals surface area contributed by atoms with E-state index in [1.54, 1.807) is 18.2 Å². The molecule has 102 valence electrons. The Labute approximate surface area is 113 Å². The Morgan fingerprint density at radius 2 is 1.74 bits per heavy atom. The van der Waals surface area contributed by atoms with Crippen molar-refractivity contribution in [2.75, 3.05) is 0 Å². The fourth-order valence-electron chi connectivity index (χ4n) is 2.07. The van der Waals surface area contributed by atoms with E-state index in [2.05, 4.69) is 0 Å². The summed E-state index contributed by atoms with van der Waals surface area (Å²) in [7, 11) is -3.78. The van der Waals surface area contributed by atoms with Crippen LogP contribution in [0.4, 0.5) is 0 Å². The number of hydrogen-bond donors (Lipinski definition) is 0. The number of nitrogens with zero attached hydrogens (tertiary/aromatic N) is 1. The van der Waals surface area contributed by atoms with Crippen molar-refractivity contribution in [2.24, 2.45) is 5.92 Å². The Morgan fingerprint density at radius 1 is 1.16 bits per heavy atom. The summed E-state index contributed by atoms with van der Waals surface area (Å²) in [5.74, 6) is -0.429. The van der Waals surface area contributed by atoms with Crippen molar-refractivity contribution < 1.29 is 13.2 Å². The average molecular weight is 279 g/mol. The lowest BCUT2D eigenvalue weighted by Gasteiger charge is -2.26. The lowest BCUT2D eigenvalue weighted by atomic mass is 10.1. The normalized spacial score (nSPS) is 19.5. The maximum Gasteiger partial charge on any atom is 0.267 e. The Bertz CT molecular complexity index is 615. The zero-order valence-corrected chi connectivity index (χ0v) is 12.0. The van der Waals surface area contributed by atoms with E-state index in [4.69, 9.17) is 0 Å². The van der Waals surface area contributed by atoms with Crippen molar-refractivity contribution in [2.45, 2.75) is 31.7 Å². The molecule has 0 bridgehead atoms. The highest BCUT2D eigenvalue weighted by molar-refractivity contribution is 7.89. The maximum atomic E-state index is 12.5. The molecule has 1 amide bonds.